The lowest BCUT2D eigenvalue weighted by molar-refractivity contribution is -0.123. The van der Waals surface area contributed by atoms with Crippen LogP contribution in [0.3, 0.4) is 0 Å². The second-order valence-electron chi connectivity index (χ2n) is 5.56. The number of halogens is 1. The van der Waals surface area contributed by atoms with E-state index < -0.39 is 0 Å². The van der Waals surface area contributed by atoms with Crippen molar-refractivity contribution in [3.05, 3.63) is 64.2 Å². The van der Waals surface area contributed by atoms with E-state index in [4.69, 9.17) is 16.3 Å². The van der Waals surface area contributed by atoms with Crippen molar-refractivity contribution < 1.29 is 9.53 Å². The zero-order valence-corrected chi connectivity index (χ0v) is 13.2. The van der Waals surface area contributed by atoms with Crippen LogP contribution < -0.4 is 10.1 Å². The minimum atomic E-state index is -0.101. The van der Waals surface area contributed by atoms with E-state index in [0.29, 0.717) is 10.8 Å². The summed E-state index contributed by atoms with van der Waals surface area (Å²) in [7, 11) is 0. The summed E-state index contributed by atoms with van der Waals surface area (Å²) in [6, 6.07) is 13.7. The highest BCUT2D eigenvalue weighted by molar-refractivity contribution is 6.30. The molecule has 1 amide bonds. The molecule has 3 rings (SSSR count). The first-order valence-corrected chi connectivity index (χ1v) is 7.77. The van der Waals surface area contributed by atoms with Crippen LogP contribution in [0.1, 0.15) is 29.2 Å². The molecule has 0 spiro atoms. The fourth-order valence-electron chi connectivity index (χ4n) is 2.86. The first kappa shape index (κ1) is 14.9. The van der Waals surface area contributed by atoms with Crippen LogP contribution in [0.15, 0.2) is 42.5 Å². The number of fused-ring (bicyclic) bond motifs is 1. The summed E-state index contributed by atoms with van der Waals surface area (Å²) in [6.07, 6.45) is 1.96. The number of ether oxygens (including phenoxy) is 1. The Balaban J connectivity index is 1.57. The molecule has 1 aliphatic rings. The first-order chi connectivity index (χ1) is 10.6. The average molecular weight is 316 g/mol. The van der Waals surface area contributed by atoms with Gasteiger partial charge in [-0.05, 0) is 54.7 Å². The van der Waals surface area contributed by atoms with Crippen molar-refractivity contribution >= 4 is 17.5 Å². The molecule has 1 aliphatic carbocycles. The van der Waals surface area contributed by atoms with Gasteiger partial charge in [0.25, 0.3) is 5.91 Å². The van der Waals surface area contributed by atoms with Gasteiger partial charge in [-0.1, -0.05) is 35.9 Å². The molecule has 0 bridgehead atoms. The summed E-state index contributed by atoms with van der Waals surface area (Å²) in [5.41, 5.74) is 3.47. The number of benzene rings is 2. The maximum Gasteiger partial charge on any atom is 0.258 e. The van der Waals surface area contributed by atoms with Gasteiger partial charge < -0.3 is 10.1 Å². The fraction of sp³-hybridized carbons (Fsp3) is 0.278. The van der Waals surface area contributed by atoms with Crippen molar-refractivity contribution in [2.45, 2.75) is 25.8 Å². The molecule has 0 saturated carbocycles. The third-order valence-electron chi connectivity index (χ3n) is 3.96. The van der Waals surface area contributed by atoms with Crippen molar-refractivity contribution in [3.8, 4) is 5.75 Å². The number of nitrogens with one attached hydrogen (secondary N) is 1. The summed E-state index contributed by atoms with van der Waals surface area (Å²) >= 11 is 5.91. The van der Waals surface area contributed by atoms with E-state index >= 15 is 0 Å². The van der Waals surface area contributed by atoms with Crippen LogP contribution in [0.4, 0.5) is 0 Å². The molecule has 0 radical (unpaired) electrons. The molecule has 114 valence electrons. The van der Waals surface area contributed by atoms with Gasteiger partial charge in [0.05, 0.1) is 6.04 Å². The van der Waals surface area contributed by atoms with Gasteiger partial charge in [-0.25, -0.2) is 0 Å². The summed E-state index contributed by atoms with van der Waals surface area (Å²) in [5.74, 6) is 0.586. The molecule has 1 unspecified atom stereocenters. The van der Waals surface area contributed by atoms with E-state index in [1.54, 1.807) is 12.1 Å². The predicted octanol–water partition coefficient (Wildman–Crippen LogP) is 3.83. The molecule has 22 heavy (non-hydrogen) atoms. The molecule has 2 aromatic rings. The Kier molecular flexibility index (Phi) is 4.34. The summed E-state index contributed by atoms with van der Waals surface area (Å²) in [5, 5.41) is 3.71. The SMILES string of the molecule is Cc1cc(Cl)ccc1OCC(=O)NC1CCc2ccccc21. The van der Waals surface area contributed by atoms with Crippen LogP contribution in [-0.2, 0) is 11.2 Å². The maximum atomic E-state index is 12.1. The van der Waals surface area contributed by atoms with Crippen LogP contribution in [0, 0.1) is 6.92 Å². The van der Waals surface area contributed by atoms with Gasteiger partial charge in [0.2, 0.25) is 0 Å². The van der Waals surface area contributed by atoms with Crippen molar-refractivity contribution in [1.29, 1.82) is 0 Å². The van der Waals surface area contributed by atoms with Crippen LogP contribution in [0.25, 0.3) is 0 Å². The van der Waals surface area contributed by atoms with E-state index in [0.717, 1.165) is 18.4 Å². The molecule has 0 heterocycles. The molecule has 2 aromatic carbocycles. The van der Waals surface area contributed by atoms with Gasteiger partial charge >= 0.3 is 0 Å². The molecular weight excluding hydrogens is 298 g/mol. The topological polar surface area (TPSA) is 38.3 Å². The minimum absolute atomic E-state index is 0.0150. The third kappa shape index (κ3) is 3.25. The normalized spacial score (nSPS) is 16.2. The predicted molar refractivity (Wildman–Crippen MR) is 87.3 cm³/mol. The molecule has 3 nitrogen and oxygen atoms in total. The van der Waals surface area contributed by atoms with E-state index in [1.807, 2.05) is 25.1 Å². The summed E-state index contributed by atoms with van der Waals surface area (Å²) in [4.78, 5) is 12.1. The van der Waals surface area contributed by atoms with Gasteiger partial charge in [0.15, 0.2) is 6.61 Å². The Hall–Kier alpha value is -2.00. The molecule has 0 aromatic heterocycles. The second kappa shape index (κ2) is 6.41. The maximum absolute atomic E-state index is 12.1. The molecule has 1 atom stereocenters. The smallest absolute Gasteiger partial charge is 0.258 e. The molecule has 0 saturated heterocycles. The van der Waals surface area contributed by atoms with Crippen LogP contribution in [0.5, 0.6) is 5.75 Å². The average Bonchev–Trinajstić information content (AvgIpc) is 2.90. The zero-order valence-electron chi connectivity index (χ0n) is 12.4. The summed E-state index contributed by atoms with van der Waals surface area (Å²) < 4.78 is 5.58. The van der Waals surface area contributed by atoms with Gasteiger partial charge in [-0.15, -0.1) is 0 Å². The van der Waals surface area contributed by atoms with Gasteiger partial charge in [-0.3, -0.25) is 4.79 Å². The number of amides is 1. The van der Waals surface area contributed by atoms with Crippen molar-refractivity contribution in [3.63, 3.8) is 0 Å². The van der Waals surface area contributed by atoms with Crippen LogP contribution in [0.2, 0.25) is 5.02 Å². The lowest BCUT2D eigenvalue weighted by atomic mass is 10.1. The lowest BCUT2D eigenvalue weighted by Crippen LogP contribution is -2.31. The number of hydrogen-bond acceptors (Lipinski definition) is 2. The molecule has 1 N–H and O–H groups in total. The largest absolute Gasteiger partial charge is 0.484 e. The van der Waals surface area contributed by atoms with Gasteiger partial charge in [0, 0.05) is 5.02 Å². The Labute approximate surface area is 135 Å². The third-order valence-corrected chi connectivity index (χ3v) is 4.20. The second-order valence-corrected chi connectivity index (χ2v) is 5.99. The van der Waals surface area contributed by atoms with Crippen LogP contribution in [-0.4, -0.2) is 12.5 Å². The number of hydrogen-bond donors (Lipinski definition) is 1. The fourth-order valence-corrected chi connectivity index (χ4v) is 3.09. The lowest BCUT2D eigenvalue weighted by Gasteiger charge is -2.15. The molecule has 0 fully saturated rings. The molecule has 4 heteroatoms. The van der Waals surface area contributed by atoms with Gasteiger partial charge in [0.1, 0.15) is 5.75 Å². The monoisotopic (exact) mass is 315 g/mol. The van der Waals surface area contributed by atoms with Crippen molar-refractivity contribution in [2.24, 2.45) is 0 Å². The number of carbonyl (C=O) groups excluding carboxylic acids is 1. The van der Waals surface area contributed by atoms with E-state index in [-0.39, 0.29) is 18.6 Å². The Morgan fingerprint density at radius 3 is 2.95 bits per heavy atom. The number of rotatable bonds is 4. The number of aryl methyl sites for hydroxylation is 2. The highest BCUT2D eigenvalue weighted by atomic mass is 35.5. The highest BCUT2D eigenvalue weighted by Gasteiger charge is 2.23. The Morgan fingerprint density at radius 2 is 2.14 bits per heavy atom. The standard InChI is InChI=1S/C18H18ClNO2/c1-12-10-14(19)7-9-17(12)22-11-18(21)20-16-8-6-13-4-2-3-5-15(13)16/h2-5,7,9-10,16H,6,8,11H2,1H3,(H,20,21). The van der Waals surface area contributed by atoms with E-state index in [2.05, 4.69) is 17.4 Å². The minimum Gasteiger partial charge on any atom is -0.484 e. The van der Waals surface area contributed by atoms with Crippen molar-refractivity contribution in [1.82, 2.24) is 5.32 Å². The van der Waals surface area contributed by atoms with E-state index in [1.165, 1.54) is 11.1 Å². The van der Waals surface area contributed by atoms with Crippen LogP contribution >= 0.6 is 11.6 Å². The molecule has 0 aliphatic heterocycles. The first-order valence-electron chi connectivity index (χ1n) is 7.39. The van der Waals surface area contributed by atoms with E-state index in [9.17, 15) is 4.79 Å². The summed E-state index contributed by atoms with van der Waals surface area (Å²) in [6.45, 7) is 1.92. The van der Waals surface area contributed by atoms with Crippen molar-refractivity contribution in [2.75, 3.05) is 6.61 Å². The zero-order chi connectivity index (χ0) is 15.5. The van der Waals surface area contributed by atoms with Gasteiger partial charge in [-0.2, -0.15) is 0 Å². The molecular formula is C18H18ClNO2. The highest BCUT2D eigenvalue weighted by Crippen LogP contribution is 2.30. The Bertz CT molecular complexity index is 699. The number of carbonyl (C=O) groups is 1. The quantitative estimate of drug-likeness (QED) is 0.931. The Morgan fingerprint density at radius 1 is 1.32 bits per heavy atom.